The maximum atomic E-state index is 12.3. The highest BCUT2D eigenvalue weighted by Crippen LogP contribution is 2.33. The van der Waals surface area contributed by atoms with Gasteiger partial charge in [-0.3, -0.25) is 14.2 Å². The topological polar surface area (TPSA) is 122 Å². The number of carbonyl (C=O) groups excluding carboxylic acids is 2. The average molecular weight is 620 g/mol. The number of unbranched alkanes of at least 4 members (excludes halogenated alkanes) is 15. The lowest BCUT2D eigenvalue weighted by Crippen LogP contribution is -2.54. The van der Waals surface area contributed by atoms with Crippen LogP contribution in [0.4, 0.5) is 0 Å². The summed E-state index contributed by atoms with van der Waals surface area (Å²) in [6, 6.07) is -0.309. The van der Waals surface area contributed by atoms with E-state index in [0.29, 0.717) is 17.5 Å². The molecular weight excluding hydrogens is 557 g/mol. The third kappa shape index (κ3) is 21.0. The van der Waals surface area contributed by atoms with Gasteiger partial charge in [-0.2, -0.15) is 0 Å². The molecule has 1 N–H and O–H groups in total. The first kappa shape index (κ1) is 39.2. The Balaban J connectivity index is 2.29. The smallest absolute Gasteiger partial charge is 0.313 e. The van der Waals surface area contributed by atoms with Crippen molar-refractivity contribution < 1.29 is 42.4 Å². The fraction of sp³-hybridized carbons (Fsp3) is 0.938. The van der Waals surface area contributed by atoms with Gasteiger partial charge in [-0.15, -0.1) is 0 Å². The van der Waals surface area contributed by atoms with Crippen LogP contribution in [0.2, 0.25) is 0 Å². The zero-order valence-corrected chi connectivity index (χ0v) is 27.9. The standard InChI is InChI=1S/C32H62NO8P/c1-4-5-6-7-8-9-10-11-12-13-14-15-16-17-18-21-24-39-28-31(41-32(35)25-29(2)34)26-30(27-40-42(36,37)38)33(3)22-19-20-23-33/h30-31H,4-28H2,1-3H3,(H-,36,37,38). The second-order valence-electron chi connectivity index (χ2n) is 12.7. The van der Waals surface area contributed by atoms with Gasteiger partial charge >= 0.3 is 5.97 Å². The molecule has 1 rings (SSSR count). The SMILES string of the molecule is CCCCCCCCCCCCCCCCCCOCC(CC(COP(=O)([O-])O)[N+]1(C)CCCC1)OC(=O)CC(C)=O. The zero-order chi connectivity index (χ0) is 31.1. The Morgan fingerprint density at radius 2 is 1.31 bits per heavy atom. The Morgan fingerprint density at radius 3 is 1.76 bits per heavy atom. The number of hydrogen-bond donors (Lipinski definition) is 1. The minimum atomic E-state index is -4.88. The molecule has 0 amide bonds. The molecule has 0 saturated carbocycles. The largest absolute Gasteiger partial charge is 0.756 e. The van der Waals surface area contributed by atoms with Gasteiger partial charge in [0.05, 0.1) is 26.7 Å². The van der Waals surface area contributed by atoms with Crippen LogP contribution < -0.4 is 4.89 Å². The summed E-state index contributed by atoms with van der Waals surface area (Å²) in [4.78, 5) is 44.2. The van der Waals surface area contributed by atoms with Crippen LogP contribution in [0.3, 0.4) is 0 Å². The molecule has 1 aliphatic heterocycles. The summed E-state index contributed by atoms with van der Waals surface area (Å²) in [5.74, 6) is -0.891. The fourth-order valence-electron chi connectivity index (χ4n) is 5.96. The number of esters is 1. The van der Waals surface area contributed by atoms with E-state index in [1.54, 1.807) is 0 Å². The van der Waals surface area contributed by atoms with E-state index >= 15 is 0 Å². The second-order valence-corrected chi connectivity index (χ2v) is 13.9. The molecule has 3 unspecified atom stereocenters. The fourth-order valence-corrected chi connectivity index (χ4v) is 6.32. The van der Waals surface area contributed by atoms with E-state index in [1.807, 2.05) is 7.05 Å². The van der Waals surface area contributed by atoms with Crippen molar-refractivity contribution in [2.45, 2.75) is 154 Å². The van der Waals surface area contributed by atoms with E-state index in [-0.39, 0.29) is 31.5 Å². The maximum absolute atomic E-state index is 12.3. The summed E-state index contributed by atoms with van der Waals surface area (Å²) < 4.78 is 28.1. The van der Waals surface area contributed by atoms with Gasteiger partial charge in [-0.1, -0.05) is 103 Å². The number of ether oxygens (including phenoxy) is 2. The molecule has 0 radical (unpaired) electrons. The van der Waals surface area contributed by atoms with Gasteiger partial charge in [0.2, 0.25) is 0 Å². The van der Waals surface area contributed by atoms with Gasteiger partial charge in [0, 0.05) is 25.9 Å². The van der Waals surface area contributed by atoms with Crippen LogP contribution in [0.25, 0.3) is 0 Å². The quantitative estimate of drug-likeness (QED) is 0.0340. The molecule has 9 nitrogen and oxygen atoms in total. The van der Waals surface area contributed by atoms with Gasteiger partial charge in [-0.05, 0) is 13.3 Å². The first-order valence-electron chi connectivity index (χ1n) is 16.8. The van der Waals surface area contributed by atoms with E-state index in [0.717, 1.165) is 38.8 Å². The number of carbonyl (C=O) groups is 2. The van der Waals surface area contributed by atoms with Crippen LogP contribution >= 0.6 is 7.82 Å². The van der Waals surface area contributed by atoms with Crippen molar-refractivity contribution in [1.29, 1.82) is 0 Å². The number of rotatable bonds is 28. The Hall–Kier alpha value is -0.830. The predicted octanol–water partition coefficient (Wildman–Crippen LogP) is 6.63. The number of ketones is 1. The van der Waals surface area contributed by atoms with Gasteiger partial charge in [0.15, 0.2) is 0 Å². The van der Waals surface area contributed by atoms with E-state index in [2.05, 4.69) is 6.92 Å². The molecule has 0 aromatic heterocycles. The maximum Gasteiger partial charge on any atom is 0.313 e. The molecule has 3 atom stereocenters. The molecule has 0 aromatic carbocycles. The number of quaternary nitrogens is 1. The average Bonchev–Trinajstić information content (AvgIpc) is 3.36. The molecule has 0 aliphatic carbocycles. The molecule has 1 heterocycles. The number of phosphoric ester groups is 1. The third-order valence-electron chi connectivity index (χ3n) is 8.57. The van der Waals surface area contributed by atoms with Crippen molar-refractivity contribution in [1.82, 2.24) is 0 Å². The molecular formula is C32H62NO8P. The lowest BCUT2D eigenvalue weighted by Gasteiger charge is -2.39. The second kappa shape index (κ2) is 23.5. The van der Waals surface area contributed by atoms with Crippen LogP contribution in [0.5, 0.6) is 0 Å². The Kier molecular flexibility index (Phi) is 22.0. The van der Waals surface area contributed by atoms with Crippen molar-refractivity contribution in [3.8, 4) is 0 Å². The first-order chi connectivity index (χ1) is 20.1. The lowest BCUT2D eigenvalue weighted by atomic mass is 10.0. The molecule has 42 heavy (non-hydrogen) atoms. The van der Waals surface area contributed by atoms with Crippen LogP contribution in [-0.2, 0) is 28.2 Å². The Morgan fingerprint density at radius 1 is 0.833 bits per heavy atom. The van der Waals surface area contributed by atoms with E-state index in [1.165, 1.54) is 96.8 Å². The van der Waals surface area contributed by atoms with Crippen LogP contribution in [0.1, 0.15) is 142 Å². The van der Waals surface area contributed by atoms with Crippen LogP contribution in [0, 0.1) is 0 Å². The highest BCUT2D eigenvalue weighted by Gasteiger charge is 2.39. The number of likely N-dealkylation sites (N-methyl/N-ethyl adjacent to an activating group) is 1. The number of Topliss-reactive ketones (excluding diaryl/α,β-unsaturated/α-hetero) is 1. The number of likely N-dealkylation sites (tertiary alicyclic amines) is 1. The van der Waals surface area contributed by atoms with Crippen molar-refractivity contribution >= 4 is 19.6 Å². The lowest BCUT2D eigenvalue weighted by molar-refractivity contribution is -0.923. The highest BCUT2D eigenvalue weighted by molar-refractivity contribution is 7.44. The predicted molar refractivity (Wildman–Crippen MR) is 165 cm³/mol. The normalized spacial score (nSPS) is 17.5. The minimum Gasteiger partial charge on any atom is -0.756 e. The summed E-state index contributed by atoms with van der Waals surface area (Å²) in [6.45, 7) is 5.82. The van der Waals surface area contributed by atoms with Gasteiger partial charge in [0.1, 0.15) is 31.0 Å². The summed E-state index contributed by atoms with van der Waals surface area (Å²) in [5.41, 5.74) is 0. The van der Waals surface area contributed by atoms with E-state index < -0.39 is 19.9 Å². The third-order valence-corrected chi connectivity index (χ3v) is 9.05. The minimum absolute atomic E-state index is 0.174. The van der Waals surface area contributed by atoms with Gasteiger partial charge < -0.3 is 28.3 Å². The molecule has 1 fully saturated rings. The van der Waals surface area contributed by atoms with Crippen molar-refractivity contribution in [2.75, 3.05) is 40.0 Å². The first-order valence-corrected chi connectivity index (χ1v) is 18.3. The monoisotopic (exact) mass is 619 g/mol. The highest BCUT2D eigenvalue weighted by atomic mass is 31.2. The summed E-state index contributed by atoms with van der Waals surface area (Å²) in [6.07, 6.45) is 22.2. The Bertz CT molecular complexity index is 753. The molecule has 1 saturated heterocycles. The van der Waals surface area contributed by atoms with Crippen molar-refractivity contribution in [3.05, 3.63) is 0 Å². The van der Waals surface area contributed by atoms with Crippen LogP contribution in [0.15, 0.2) is 0 Å². The molecule has 0 bridgehead atoms. The summed E-state index contributed by atoms with van der Waals surface area (Å²) in [5, 5.41) is 0. The number of hydrogen-bond acceptors (Lipinski definition) is 7. The van der Waals surface area contributed by atoms with Crippen molar-refractivity contribution in [3.63, 3.8) is 0 Å². The van der Waals surface area contributed by atoms with Crippen molar-refractivity contribution in [2.24, 2.45) is 0 Å². The molecule has 0 spiro atoms. The summed E-state index contributed by atoms with van der Waals surface area (Å²) >= 11 is 0. The van der Waals surface area contributed by atoms with Gasteiger partial charge in [0.25, 0.3) is 7.82 Å². The zero-order valence-electron chi connectivity index (χ0n) is 27.0. The van der Waals surface area contributed by atoms with Crippen LogP contribution in [-0.4, -0.2) is 73.2 Å². The van der Waals surface area contributed by atoms with Gasteiger partial charge in [-0.25, -0.2) is 0 Å². The Labute approximate surface area is 256 Å². The molecule has 10 heteroatoms. The van der Waals surface area contributed by atoms with E-state index in [9.17, 15) is 19.0 Å². The molecule has 1 aliphatic rings. The molecule has 248 valence electrons. The summed E-state index contributed by atoms with van der Waals surface area (Å²) in [7, 11) is -2.85. The number of phosphoric acid groups is 1. The van der Waals surface area contributed by atoms with E-state index in [4.69, 9.17) is 18.9 Å². The molecule has 0 aromatic rings. The number of nitrogens with zero attached hydrogens (tertiary/aromatic N) is 1.